The van der Waals surface area contributed by atoms with Gasteiger partial charge in [0.25, 0.3) is 0 Å². The predicted octanol–water partition coefficient (Wildman–Crippen LogP) is 0.425. The molecule has 0 atom stereocenters. The van der Waals surface area contributed by atoms with E-state index in [4.69, 9.17) is 5.73 Å². The number of likely N-dealkylation sites (N-methyl/N-ethyl adjacent to an activating group) is 2. The molecule has 1 aromatic rings. The monoisotopic (exact) mass is 303 g/mol. The molecule has 112 valence electrons. The van der Waals surface area contributed by atoms with Crippen LogP contribution in [0.25, 0.3) is 0 Å². The molecule has 1 aromatic carbocycles. The van der Waals surface area contributed by atoms with Crippen molar-refractivity contribution in [3.05, 3.63) is 23.5 Å². The van der Waals surface area contributed by atoms with Gasteiger partial charge in [-0.1, -0.05) is 0 Å². The third kappa shape index (κ3) is 3.26. The maximum Gasteiger partial charge on any atom is 0.243 e. The Kier molecular flexibility index (Phi) is 4.72. The highest BCUT2D eigenvalue weighted by molar-refractivity contribution is 7.89. The van der Waals surface area contributed by atoms with Gasteiger partial charge in [-0.05, 0) is 19.1 Å². The number of carbonyl (C=O) groups is 1. The molecule has 0 aromatic heterocycles. The molecule has 1 amide bonds. The lowest BCUT2D eigenvalue weighted by atomic mass is 10.2. The van der Waals surface area contributed by atoms with E-state index in [2.05, 4.69) is 0 Å². The second-order valence-corrected chi connectivity index (χ2v) is 6.69. The fourth-order valence-electron chi connectivity index (χ4n) is 1.53. The van der Waals surface area contributed by atoms with Crippen molar-refractivity contribution in [1.82, 2.24) is 9.21 Å². The Bertz CT molecular complexity index is 629. The molecule has 0 unspecified atom stereocenters. The molecular weight excluding hydrogens is 285 g/mol. The molecule has 0 aliphatic rings. The molecule has 0 aliphatic heterocycles. The van der Waals surface area contributed by atoms with Gasteiger partial charge >= 0.3 is 0 Å². The quantitative estimate of drug-likeness (QED) is 0.817. The van der Waals surface area contributed by atoms with Crippen LogP contribution in [0.4, 0.5) is 10.1 Å². The van der Waals surface area contributed by atoms with Crippen molar-refractivity contribution >= 4 is 21.6 Å². The van der Waals surface area contributed by atoms with Gasteiger partial charge in [-0.3, -0.25) is 4.79 Å². The van der Waals surface area contributed by atoms with Crippen molar-refractivity contribution in [3.8, 4) is 0 Å². The molecule has 2 N–H and O–H groups in total. The van der Waals surface area contributed by atoms with Crippen molar-refractivity contribution in [3.63, 3.8) is 0 Å². The van der Waals surface area contributed by atoms with E-state index in [-0.39, 0.29) is 28.6 Å². The highest BCUT2D eigenvalue weighted by Gasteiger charge is 2.26. The van der Waals surface area contributed by atoms with E-state index in [9.17, 15) is 17.6 Å². The number of anilines is 1. The summed E-state index contributed by atoms with van der Waals surface area (Å²) in [5.41, 5.74) is 5.46. The lowest BCUT2D eigenvalue weighted by molar-refractivity contribution is -0.128. The number of sulfonamides is 1. The van der Waals surface area contributed by atoms with Crippen LogP contribution in [0.5, 0.6) is 0 Å². The van der Waals surface area contributed by atoms with E-state index < -0.39 is 15.8 Å². The van der Waals surface area contributed by atoms with E-state index in [0.717, 1.165) is 10.4 Å². The minimum atomic E-state index is -3.98. The molecule has 20 heavy (non-hydrogen) atoms. The van der Waals surface area contributed by atoms with Gasteiger partial charge in [-0.25, -0.2) is 12.8 Å². The van der Waals surface area contributed by atoms with Crippen molar-refractivity contribution in [2.24, 2.45) is 0 Å². The summed E-state index contributed by atoms with van der Waals surface area (Å²) in [5.74, 6) is -1.07. The average Bonchev–Trinajstić information content (AvgIpc) is 2.33. The standard InChI is InChI=1S/C12H18FN3O3S/c1-8-10(13)5-9(14)6-11(8)20(18,19)16(4)7-12(17)15(2)3/h5-6H,7,14H2,1-4H3. The minimum Gasteiger partial charge on any atom is -0.399 e. The number of halogens is 1. The maximum absolute atomic E-state index is 13.6. The van der Waals surface area contributed by atoms with Crippen LogP contribution in [0.1, 0.15) is 5.56 Å². The number of amides is 1. The van der Waals surface area contributed by atoms with Crippen LogP contribution < -0.4 is 5.73 Å². The largest absolute Gasteiger partial charge is 0.399 e. The summed E-state index contributed by atoms with van der Waals surface area (Å²) >= 11 is 0. The maximum atomic E-state index is 13.6. The van der Waals surface area contributed by atoms with Gasteiger partial charge in [0.2, 0.25) is 15.9 Å². The average molecular weight is 303 g/mol. The van der Waals surface area contributed by atoms with Crippen molar-refractivity contribution in [2.75, 3.05) is 33.4 Å². The minimum absolute atomic E-state index is 0.0130. The van der Waals surface area contributed by atoms with Gasteiger partial charge in [-0.2, -0.15) is 4.31 Å². The number of rotatable bonds is 4. The Morgan fingerprint density at radius 2 is 1.85 bits per heavy atom. The first-order chi connectivity index (χ1) is 9.07. The molecule has 0 heterocycles. The smallest absolute Gasteiger partial charge is 0.243 e. The molecule has 0 spiro atoms. The summed E-state index contributed by atoms with van der Waals surface area (Å²) in [4.78, 5) is 12.6. The second kappa shape index (κ2) is 5.76. The first-order valence-electron chi connectivity index (χ1n) is 5.79. The third-order valence-corrected chi connectivity index (χ3v) is 4.79. The zero-order valence-electron chi connectivity index (χ0n) is 11.8. The fourth-order valence-corrected chi connectivity index (χ4v) is 2.91. The second-order valence-electron chi connectivity index (χ2n) is 4.68. The van der Waals surface area contributed by atoms with Gasteiger partial charge in [-0.15, -0.1) is 0 Å². The molecule has 0 fully saturated rings. The van der Waals surface area contributed by atoms with E-state index in [0.29, 0.717) is 0 Å². The molecule has 0 saturated heterocycles. The lowest BCUT2D eigenvalue weighted by Gasteiger charge is -2.20. The third-order valence-electron chi connectivity index (χ3n) is 2.86. The highest BCUT2D eigenvalue weighted by Crippen LogP contribution is 2.24. The van der Waals surface area contributed by atoms with Crippen LogP contribution in [0.3, 0.4) is 0 Å². The topological polar surface area (TPSA) is 83.7 Å². The van der Waals surface area contributed by atoms with Crippen LogP contribution in [0, 0.1) is 12.7 Å². The van der Waals surface area contributed by atoms with Crippen LogP contribution in [-0.4, -0.2) is 51.2 Å². The van der Waals surface area contributed by atoms with E-state index in [1.165, 1.54) is 39.0 Å². The van der Waals surface area contributed by atoms with Crippen molar-refractivity contribution in [2.45, 2.75) is 11.8 Å². The number of nitrogens with zero attached hydrogens (tertiary/aromatic N) is 2. The molecule has 1 rings (SSSR count). The molecule has 0 bridgehead atoms. The van der Waals surface area contributed by atoms with Crippen LogP contribution in [0.2, 0.25) is 0 Å². The number of hydrogen-bond acceptors (Lipinski definition) is 4. The van der Waals surface area contributed by atoms with Gasteiger partial charge in [0.05, 0.1) is 11.4 Å². The number of benzene rings is 1. The molecule has 6 nitrogen and oxygen atoms in total. The van der Waals surface area contributed by atoms with Crippen LogP contribution in [0.15, 0.2) is 17.0 Å². The summed E-state index contributed by atoms with van der Waals surface area (Å²) in [5, 5.41) is 0. The lowest BCUT2D eigenvalue weighted by Crippen LogP contribution is -2.38. The number of carbonyl (C=O) groups excluding carboxylic acids is 1. The Morgan fingerprint density at radius 1 is 1.30 bits per heavy atom. The predicted molar refractivity (Wildman–Crippen MR) is 74.1 cm³/mol. The summed E-state index contributed by atoms with van der Waals surface area (Å²) in [6, 6.07) is 2.24. The molecule has 0 saturated carbocycles. The number of nitrogens with two attached hydrogens (primary N) is 1. The number of hydrogen-bond donors (Lipinski definition) is 1. The van der Waals surface area contributed by atoms with E-state index in [1.807, 2.05) is 0 Å². The summed E-state index contributed by atoms with van der Waals surface area (Å²) in [7, 11) is 0.328. The first kappa shape index (κ1) is 16.4. The first-order valence-corrected chi connectivity index (χ1v) is 7.23. The van der Waals surface area contributed by atoms with Crippen LogP contribution >= 0.6 is 0 Å². The normalized spacial score (nSPS) is 11.7. The highest BCUT2D eigenvalue weighted by atomic mass is 32.2. The molecule has 0 aliphatic carbocycles. The molecule has 8 heteroatoms. The Labute approximate surface area is 118 Å². The van der Waals surface area contributed by atoms with Gasteiger partial charge in [0.15, 0.2) is 0 Å². The van der Waals surface area contributed by atoms with Crippen molar-refractivity contribution < 1.29 is 17.6 Å². The zero-order chi connectivity index (χ0) is 15.7. The van der Waals surface area contributed by atoms with Gasteiger partial charge in [0.1, 0.15) is 5.82 Å². The SMILES string of the molecule is Cc1c(F)cc(N)cc1S(=O)(=O)N(C)CC(=O)N(C)C. The van der Waals surface area contributed by atoms with E-state index >= 15 is 0 Å². The summed E-state index contributed by atoms with van der Waals surface area (Å²) in [6.07, 6.45) is 0. The van der Waals surface area contributed by atoms with Crippen LogP contribution in [-0.2, 0) is 14.8 Å². The Balaban J connectivity index is 3.21. The van der Waals surface area contributed by atoms with Gasteiger partial charge in [0, 0.05) is 32.4 Å². The summed E-state index contributed by atoms with van der Waals surface area (Å²) < 4.78 is 39.2. The van der Waals surface area contributed by atoms with Crippen molar-refractivity contribution in [1.29, 1.82) is 0 Å². The summed E-state index contributed by atoms with van der Waals surface area (Å²) in [6.45, 7) is 1.02. The fraction of sp³-hybridized carbons (Fsp3) is 0.417. The molecular formula is C12H18FN3O3S. The zero-order valence-corrected chi connectivity index (χ0v) is 12.7. The number of nitrogen functional groups attached to an aromatic ring is 1. The Morgan fingerprint density at radius 3 is 2.35 bits per heavy atom. The van der Waals surface area contributed by atoms with E-state index in [1.54, 1.807) is 0 Å². The van der Waals surface area contributed by atoms with Gasteiger partial charge < -0.3 is 10.6 Å². The molecule has 0 radical (unpaired) electrons. The Hall–Kier alpha value is -1.67.